The average molecular weight is 395 g/mol. The number of hydrazone groups is 1. The molecule has 9 heteroatoms. The average Bonchev–Trinajstić information content (AvgIpc) is 2.65. The normalized spacial score (nSPS) is 11.3. The maximum absolute atomic E-state index is 10.5. The van der Waals surface area contributed by atoms with Crippen LogP contribution >= 0.6 is 0 Å². The summed E-state index contributed by atoms with van der Waals surface area (Å²) < 4.78 is 39.9. The Hall–Kier alpha value is -2.78. The smallest absolute Gasteiger partial charge is 0.294 e. The number of hydrogen-bond donors (Lipinski definition) is 3. The van der Waals surface area contributed by atoms with Crippen LogP contribution in [0.25, 0.3) is 0 Å². The summed E-state index contributed by atoms with van der Waals surface area (Å²) in [6.07, 6.45) is 1.31. The van der Waals surface area contributed by atoms with Crippen molar-refractivity contribution in [3.63, 3.8) is 0 Å². The Bertz CT molecular complexity index is 865. The van der Waals surface area contributed by atoms with Crippen molar-refractivity contribution in [1.82, 2.24) is 0 Å². The summed E-state index contributed by atoms with van der Waals surface area (Å²) in [7, 11) is -0.763. The van der Waals surface area contributed by atoms with Gasteiger partial charge in [-0.15, -0.1) is 0 Å². The van der Waals surface area contributed by atoms with Crippen molar-refractivity contribution in [2.75, 3.05) is 14.2 Å². The zero-order valence-electron chi connectivity index (χ0n) is 15.5. The van der Waals surface area contributed by atoms with E-state index in [-0.39, 0.29) is 4.90 Å². The first-order valence-electron chi connectivity index (χ1n) is 7.98. The molecule has 0 atom stereocenters. The van der Waals surface area contributed by atoms with Gasteiger partial charge in [0.1, 0.15) is 17.3 Å². The van der Waals surface area contributed by atoms with Crippen molar-refractivity contribution < 1.29 is 22.4 Å². The van der Waals surface area contributed by atoms with Crippen LogP contribution in [0.15, 0.2) is 52.5 Å². The molecule has 0 bridgehead atoms. The molecule has 2 aromatic rings. The van der Waals surface area contributed by atoms with E-state index in [1.165, 1.54) is 12.1 Å². The number of hydrogen-bond acceptors (Lipinski definition) is 6. The van der Waals surface area contributed by atoms with Crippen molar-refractivity contribution in [1.29, 1.82) is 0 Å². The highest BCUT2D eigenvalue weighted by Crippen LogP contribution is 2.24. The number of rotatable bonds is 6. The quantitative estimate of drug-likeness (QED) is 0.224. The van der Waals surface area contributed by atoms with Gasteiger partial charge in [-0.1, -0.05) is 17.7 Å². The first-order valence-corrected chi connectivity index (χ1v) is 9.42. The van der Waals surface area contributed by atoms with Gasteiger partial charge in [-0.25, -0.2) is 0 Å². The molecule has 27 heavy (non-hydrogen) atoms. The summed E-state index contributed by atoms with van der Waals surface area (Å²) in [5.41, 5.74) is 7.51. The fourth-order valence-corrected chi connectivity index (χ4v) is 2.59. The van der Waals surface area contributed by atoms with Crippen LogP contribution in [0.1, 0.15) is 17.5 Å². The summed E-state index contributed by atoms with van der Waals surface area (Å²) in [5.74, 6) is 7.09. The Morgan fingerprint density at radius 2 is 1.74 bits per heavy atom. The molecule has 0 amide bonds. The highest BCUT2D eigenvalue weighted by atomic mass is 32.2. The monoisotopic (exact) mass is 395 g/mol. The number of nitrogens with two attached hydrogens (primary N) is 2. The second-order valence-corrected chi connectivity index (χ2v) is 7.01. The molecule has 0 aliphatic heterocycles. The SMILES string of the molecule is COc1ccc(OC)c(CCC(N)=NN)c1.Cc1ccc(S(=O)(=O)O)cc1. The van der Waals surface area contributed by atoms with Gasteiger partial charge in [0.15, 0.2) is 0 Å². The van der Waals surface area contributed by atoms with Crippen LogP contribution in [-0.4, -0.2) is 33.0 Å². The molecule has 0 aliphatic carbocycles. The van der Waals surface area contributed by atoms with E-state index in [4.69, 9.17) is 25.6 Å². The van der Waals surface area contributed by atoms with Crippen LogP contribution in [0, 0.1) is 6.92 Å². The lowest BCUT2D eigenvalue weighted by Gasteiger charge is -2.10. The van der Waals surface area contributed by atoms with Gasteiger partial charge in [0.05, 0.1) is 19.1 Å². The molecule has 2 aromatic carbocycles. The van der Waals surface area contributed by atoms with E-state index in [0.717, 1.165) is 22.6 Å². The minimum atomic E-state index is -4.02. The number of nitrogens with zero attached hydrogens (tertiary/aromatic N) is 1. The van der Waals surface area contributed by atoms with Gasteiger partial charge in [-0.2, -0.15) is 13.5 Å². The number of methoxy groups -OCH3 is 2. The summed E-state index contributed by atoms with van der Waals surface area (Å²) in [4.78, 5) is -0.0666. The molecule has 5 N–H and O–H groups in total. The second kappa shape index (κ2) is 10.4. The molecule has 0 unspecified atom stereocenters. The molecule has 0 spiro atoms. The van der Waals surface area contributed by atoms with E-state index in [0.29, 0.717) is 18.7 Å². The van der Waals surface area contributed by atoms with Crippen LogP contribution in [-0.2, 0) is 16.5 Å². The van der Waals surface area contributed by atoms with Crippen molar-refractivity contribution in [2.45, 2.75) is 24.7 Å². The van der Waals surface area contributed by atoms with Crippen LogP contribution in [0.5, 0.6) is 11.5 Å². The fraction of sp³-hybridized carbons (Fsp3) is 0.278. The topological polar surface area (TPSA) is 137 Å². The molecule has 0 fully saturated rings. The molecule has 0 heterocycles. The molecule has 8 nitrogen and oxygen atoms in total. The van der Waals surface area contributed by atoms with E-state index in [9.17, 15) is 8.42 Å². The van der Waals surface area contributed by atoms with Gasteiger partial charge >= 0.3 is 0 Å². The molecule has 0 saturated carbocycles. The molecular formula is C18H25N3O5S. The Morgan fingerprint density at radius 1 is 1.11 bits per heavy atom. The van der Waals surface area contributed by atoms with Crippen molar-refractivity contribution in [3.8, 4) is 11.5 Å². The third kappa shape index (κ3) is 7.55. The Labute approximate surface area is 159 Å². The van der Waals surface area contributed by atoms with E-state index in [1.807, 2.05) is 25.1 Å². The highest BCUT2D eigenvalue weighted by molar-refractivity contribution is 7.85. The lowest BCUT2D eigenvalue weighted by molar-refractivity contribution is 0.399. The third-order valence-electron chi connectivity index (χ3n) is 3.62. The van der Waals surface area contributed by atoms with Gasteiger partial charge in [0, 0.05) is 6.42 Å². The fourth-order valence-electron chi connectivity index (χ4n) is 2.11. The first-order chi connectivity index (χ1) is 12.7. The Kier molecular flexibility index (Phi) is 8.57. The van der Waals surface area contributed by atoms with Gasteiger partial charge in [0.25, 0.3) is 10.1 Å². The van der Waals surface area contributed by atoms with Crippen LogP contribution in [0.3, 0.4) is 0 Å². The lowest BCUT2D eigenvalue weighted by Crippen LogP contribution is -2.14. The zero-order chi connectivity index (χ0) is 20.4. The molecule has 2 rings (SSSR count). The van der Waals surface area contributed by atoms with Crippen LogP contribution < -0.4 is 21.1 Å². The van der Waals surface area contributed by atoms with Gasteiger partial charge < -0.3 is 21.1 Å². The minimum absolute atomic E-state index is 0.0666. The standard InChI is InChI=1S/C11H17N3O2.C7H8O3S/c1-15-9-4-5-10(16-2)8(7-9)3-6-11(12)14-13;1-6-2-4-7(5-3-6)11(8,9)10/h4-5,7H,3,6,13H2,1-2H3,(H2,12,14);2-5H,1H3,(H,8,9,10). The Balaban J connectivity index is 0.000000289. The third-order valence-corrected chi connectivity index (χ3v) is 4.49. The molecule has 0 aliphatic rings. The highest BCUT2D eigenvalue weighted by Gasteiger charge is 2.07. The predicted octanol–water partition coefficient (Wildman–Crippen LogP) is 2.11. The molecule has 0 saturated heterocycles. The van der Waals surface area contributed by atoms with Gasteiger partial charge in [-0.3, -0.25) is 4.55 Å². The van der Waals surface area contributed by atoms with Gasteiger partial charge in [0.2, 0.25) is 0 Å². The van der Waals surface area contributed by atoms with E-state index < -0.39 is 10.1 Å². The summed E-state index contributed by atoms with van der Waals surface area (Å²) in [6, 6.07) is 11.6. The number of benzene rings is 2. The van der Waals surface area contributed by atoms with Crippen molar-refractivity contribution in [3.05, 3.63) is 53.6 Å². The number of amidine groups is 1. The van der Waals surface area contributed by atoms with E-state index in [1.54, 1.807) is 26.4 Å². The molecule has 0 radical (unpaired) electrons. The maximum Gasteiger partial charge on any atom is 0.294 e. The Morgan fingerprint density at radius 3 is 2.22 bits per heavy atom. The maximum atomic E-state index is 10.5. The number of ether oxygens (including phenoxy) is 2. The van der Waals surface area contributed by atoms with Crippen LogP contribution in [0.4, 0.5) is 0 Å². The van der Waals surface area contributed by atoms with Crippen molar-refractivity contribution >= 4 is 16.0 Å². The lowest BCUT2D eigenvalue weighted by atomic mass is 10.1. The zero-order valence-corrected chi connectivity index (χ0v) is 16.4. The molecule has 148 valence electrons. The van der Waals surface area contributed by atoms with E-state index >= 15 is 0 Å². The second-order valence-electron chi connectivity index (χ2n) is 5.59. The van der Waals surface area contributed by atoms with Gasteiger partial charge in [-0.05, 0) is 49.2 Å². The molecular weight excluding hydrogens is 370 g/mol. The molecule has 0 aromatic heterocycles. The first kappa shape index (κ1) is 22.3. The van der Waals surface area contributed by atoms with Crippen LogP contribution in [0.2, 0.25) is 0 Å². The summed E-state index contributed by atoms with van der Waals surface area (Å²) in [5, 5.41) is 3.42. The number of aryl methyl sites for hydroxylation is 2. The van der Waals surface area contributed by atoms with Crippen molar-refractivity contribution in [2.24, 2.45) is 16.7 Å². The van der Waals surface area contributed by atoms with E-state index in [2.05, 4.69) is 5.10 Å². The minimum Gasteiger partial charge on any atom is -0.497 e. The largest absolute Gasteiger partial charge is 0.497 e. The summed E-state index contributed by atoms with van der Waals surface area (Å²) in [6.45, 7) is 1.84. The summed E-state index contributed by atoms with van der Waals surface area (Å²) >= 11 is 0. The predicted molar refractivity (Wildman–Crippen MR) is 105 cm³/mol.